The van der Waals surface area contributed by atoms with Crippen molar-refractivity contribution in [3.05, 3.63) is 28.8 Å². The molecule has 0 saturated heterocycles. The average Bonchev–Trinajstić information content (AvgIpc) is 2.36. The number of aliphatic carboxylic acids is 1. The van der Waals surface area contributed by atoms with Crippen molar-refractivity contribution in [3.8, 4) is 5.75 Å². The second-order valence-electron chi connectivity index (χ2n) is 4.75. The standard InChI is InChI=1S/C14H18ClNO4/c1-9(2)16(7-3-4-13(18)19)14(20)11-8-10(17)5-6-12(11)15/h5-6,8-9,17H,3-4,7H2,1-2H3,(H,18,19). The first-order chi connectivity index (χ1) is 9.32. The lowest BCUT2D eigenvalue weighted by molar-refractivity contribution is -0.137. The molecule has 1 amide bonds. The van der Waals surface area contributed by atoms with Crippen molar-refractivity contribution < 1.29 is 19.8 Å². The SMILES string of the molecule is CC(C)N(CCCC(=O)O)C(=O)c1cc(O)ccc1Cl. The molecule has 2 N–H and O–H groups in total. The predicted octanol–water partition coefficient (Wildman–Crippen LogP) is 2.76. The Hall–Kier alpha value is -1.75. The molecule has 0 aliphatic heterocycles. The van der Waals surface area contributed by atoms with Crippen LogP contribution in [0.1, 0.15) is 37.0 Å². The number of benzene rings is 1. The van der Waals surface area contributed by atoms with Crippen LogP contribution in [0.15, 0.2) is 18.2 Å². The van der Waals surface area contributed by atoms with Crippen molar-refractivity contribution in [3.63, 3.8) is 0 Å². The number of phenolic OH excluding ortho intramolecular Hbond substituents is 1. The lowest BCUT2D eigenvalue weighted by Crippen LogP contribution is -2.38. The number of nitrogens with zero attached hydrogens (tertiary/aromatic N) is 1. The molecule has 0 aliphatic carbocycles. The Morgan fingerprint density at radius 3 is 2.55 bits per heavy atom. The van der Waals surface area contributed by atoms with Crippen LogP contribution >= 0.6 is 11.6 Å². The Labute approximate surface area is 122 Å². The number of hydrogen-bond acceptors (Lipinski definition) is 3. The van der Waals surface area contributed by atoms with Crippen LogP contribution in [0.3, 0.4) is 0 Å². The Morgan fingerprint density at radius 1 is 1.35 bits per heavy atom. The summed E-state index contributed by atoms with van der Waals surface area (Å²) in [5, 5.41) is 18.4. The van der Waals surface area contributed by atoms with Crippen molar-refractivity contribution in [2.75, 3.05) is 6.54 Å². The molecule has 0 aliphatic rings. The van der Waals surface area contributed by atoms with Crippen molar-refractivity contribution in [2.24, 2.45) is 0 Å². The van der Waals surface area contributed by atoms with Crippen LogP contribution in [0.25, 0.3) is 0 Å². The number of carboxylic acid groups (broad SMARTS) is 1. The number of carboxylic acids is 1. The highest BCUT2D eigenvalue weighted by Gasteiger charge is 2.21. The van der Waals surface area contributed by atoms with E-state index in [-0.39, 0.29) is 34.7 Å². The molecule has 0 radical (unpaired) electrons. The van der Waals surface area contributed by atoms with Gasteiger partial charge in [-0.2, -0.15) is 0 Å². The molecule has 1 aromatic carbocycles. The van der Waals surface area contributed by atoms with Gasteiger partial charge in [0.25, 0.3) is 5.91 Å². The summed E-state index contributed by atoms with van der Waals surface area (Å²) < 4.78 is 0. The predicted molar refractivity (Wildman–Crippen MR) is 76.2 cm³/mol. The van der Waals surface area contributed by atoms with Gasteiger partial charge in [0.2, 0.25) is 0 Å². The average molecular weight is 300 g/mol. The van der Waals surface area contributed by atoms with Crippen LogP contribution in [0.2, 0.25) is 5.02 Å². The first-order valence-corrected chi connectivity index (χ1v) is 6.72. The summed E-state index contributed by atoms with van der Waals surface area (Å²) in [5.41, 5.74) is 0.218. The minimum absolute atomic E-state index is 0.00424. The van der Waals surface area contributed by atoms with Crippen LogP contribution in [-0.2, 0) is 4.79 Å². The number of hydrogen-bond donors (Lipinski definition) is 2. The van der Waals surface area contributed by atoms with Crippen molar-refractivity contribution in [1.82, 2.24) is 4.90 Å². The van der Waals surface area contributed by atoms with E-state index in [9.17, 15) is 14.7 Å². The van der Waals surface area contributed by atoms with Gasteiger partial charge in [-0.15, -0.1) is 0 Å². The minimum Gasteiger partial charge on any atom is -0.508 e. The molecule has 6 heteroatoms. The minimum atomic E-state index is -0.892. The van der Waals surface area contributed by atoms with E-state index in [1.54, 1.807) is 4.90 Å². The lowest BCUT2D eigenvalue weighted by Gasteiger charge is -2.27. The van der Waals surface area contributed by atoms with Gasteiger partial charge < -0.3 is 15.1 Å². The maximum atomic E-state index is 12.4. The highest BCUT2D eigenvalue weighted by atomic mass is 35.5. The molecule has 5 nitrogen and oxygen atoms in total. The monoisotopic (exact) mass is 299 g/mol. The molecule has 0 atom stereocenters. The zero-order chi connectivity index (χ0) is 15.3. The van der Waals surface area contributed by atoms with Crippen molar-refractivity contribution in [2.45, 2.75) is 32.7 Å². The van der Waals surface area contributed by atoms with Crippen LogP contribution in [0, 0.1) is 0 Å². The summed E-state index contributed by atoms with van der Waals surface area (Å²) in [6.07, 6.45) is 0.375. The highest BCUT2D eigenvalue weighted by molar-refractivity contribution is 6.33. The molecule has 0 saturated carbocycles. The van der Waals surface area contributed by atoms with Gasteiger partial charge in [0.1, 0.15) is 5.75 Å². The third-order valence-corrected chi connectivity index (χ3v) is 3.18. The summed E-state index contributed by atoms with van der Waals surface area (Å²) >= 11 is 5.97. The lowest BCUT2D eigenvalue weighted by atomic mass is 10.1. The van der Waals surface area contributed by atoms with Crippen LogP contribution in [-0.4, -0.2) is 39.6 Å². The van der Waals surface area contributed by atoms with E-state index in [2.05, 4.69) is 0 Å². The third kappa shape index (κ3) is 4.42. The molecule has 110 valence electrons. The fourth-order valence-electron chi connectivity index (χ4n) is 1.83. The van der Waals surface area contributed by atoms with E-state index in [0.29, 0.717) is 13.0 Å². The van der Waals surface area contributed by atoms with Gasteiger partial charge in [-0.3, -0.25) is 9.59 Å². The molecule has 0 aromatic heterocycles. The van der Waals surface area contributed by atoms with E-state index in [1.807, 2.05) is 13.8 Å². The van der Waals surface area contributed by atoms with Crippen LogP contribution in [0.4, 0.5) is 0 Å². The molecule has 1 aromatic rings. The number of carbonyl (C=O) groups is 2. The second-order valence-corrected chi connectivity index (χ2v) is 5.16. The number of aromatic hydroxyl groups is 1. The molecule has 0 heterocycles. The van der Waals surface area contributed by atoms with Crippen LogP contribution < -0.4 is 0 Å². The maximum absolute atomic E-state index is 12.4. The Kier molecular flexibility index (Phi) is 5.82. The molecule has 20 heavy (non-hydrogen) atoms. The molecule has 0 unspecified atom stereocenters. The number of rotatable bonds is 6. The quantitative estimate of drug-likeness (QED) is 0.846. The van der Waals surface area contributed by atoms with Gasteiger partial charge in [-0.05, 0) is 38.5 Å². The van der Waals surface area contributed by atoms with Gasteiger partial charge in [0.15, 0.2) is 0 Å². The normalized spacial score (nSPS) is 10.6. The summed E-state index contributed by atoms with van der Waals surface area (Å²) in [5.74, 6) is -1.24. The fourth-order valence-corrected chi connectivity index (χ4v) is 2.03. The largest absolute Gasteiger partial charge is 0.508 e. The number of amides is 1. The van der Waals surface area contributed by atoms with Crippen molar-refractivity contribution in [1.29, 1.82) is 0 Å². The Morgan fingerprint density at radius 2 is 2.00 bits per heavy atom. The van der Waals surface area contributed by atoms with Crippen molar-refractivity contribution >= 4 is 23.5 Å². The van der Waals surface area contributed by atoms with E-state index >= 15 is 0 Å². The highest BCUT2D eigenvalue weighted by Crippen LogP contribution is 2.23. The van der Waals surface area contributed by atoms with E-state index < -0.39 is 5.97 Å². The summed E-state index contributed by atoms with van der Waals surface area (Å²) in [6.45, 7) is 4.01. The number of halogens is 1. The second kappa shape index (κ2) is 7.14. The molecular formula is C14H18ClNO4. The topological polar surface area (TPSA) is 77.8 Å². The zero-order valence-electron chi connectivity index (χ0n) is 11.5. The van der Waals surface area contributed by atoms with Gasteiger partial charge in [-0.1, -0.05) is 11.6 Å². The first kappa shape index (κ1) is 16.3. The first-order valence-electron chi connectivity index (χ1n) is 6.34. The van der Waals surface area contributed by atoms with Crippen LogP contribution in [0.5, 0.6) is 5.75 Å². The molecule has 0 fully saturated rings. The molecule has 0 bridgehead atoms. The summed E-state index contributed by atoms with van der Waals surface area (Å²) in [4.78, 5) is 24.5. The molecule has 1 rings (SSSR count). The van der Waals surface area contributed by atoms with Gasteiger partial charge >= 0.3 is 5.97 Å². The summed E-state index contributed by atoms with van der Waals surface area (Å²) in [6, 6.07) is 4.09. The fraction of sp³-hybridized carbons (Fsp3) is 0.429. The smallest absolute Gasteiger partial charge is 0.303 e. The Balaban J connectivity index is 2.88. The zero-order valence-corrected chi connectivity index (χ0v) is 12.2. The molecule has 0 spiro atoms. The summed E-state index contributed by atoms with van der Waals surface area (Å²) in [7, 11) is 0. The van der Waals surface area contributed by atoms with E-state index in [4.69, 9.17) is 16.7 Å². The van der Waals surface area contributed by atoms with E-state index in [0.717, 1.165) is 0 Å². The van der Waals surface area contributed by atoms with Gasteiger partial charge in [0.05, 0.1) is 10.6 Å². The molecular weight excluding hydrogens is 282 g/mol. The number of carbonyl (C=O) groups excluding carboxylic acids is 1. The Bertz CT molecular complexity index is 502. The number of phenols is 1. The maximum Gasteiger partial charge on any atom is 0.303 e. The van der Waals surface area contributed by atoms with Gasteiger partial charge in [-0.25, -0.2) is 0 Å². The van der Waals surface area contributed by atoms with Gasteiger partial charge in [0, 0.05) is 19.0 Å². The van der Waals surface area contributed by atoms with E-state index in [1.165, 1.54) is 18.2 Å². The third-order valence-electron chi connectivity index (χ3n) is 2.85.